The summed E-state index contributed by atoms with van der Waals surface area (Å²) in [5, 5.41) is 9.27. The van der Waals surface area contributed by atoms with Gasteiger partial charge in [0.05, 0.1) is 7.11 Å². The normalized spacial score (nSPS) is 10.7. The summed E-state index contributed by atoms with van der Waals surface area (Å²) in [6.45, 7) is 4.28. The van der Waals surface area contributed by atoms with Crippen LogP contribution in [-0.2, 0) is 12.8 Å². The van der Waals surface area contributed by atoms with Gasteiger partial charge in [-0.25, -0.2) is 0 Å². The lowest BCUT2D eigenvalue weighted by Crippen LogP contribution is -2.38. The van der Waals surface area contributed by atoms with Gasteiger partial charge in [-0.05, 0) is 55.2 Å². The fraction of sp³-hybridized carbons (Fsp3) is 0.364. The lowest BCUT2D eigenvalue weighted by molar-refractivity contribution is 0.0963. The van der Waals surface area contributed by atoms with Gasteiger partial charge >= 0.3 is 0 Å². The number of hydrogen-bond donors (Lipinski definition) is 3. The van der Waals surface area contributed by atoms with Gasteiger partial charge in [-0.1, -0.05) is 24.3 Å². The maximum absolute atomic E-state index is 11.7. The van der Waals surface area contributed by atoms with E-state index >= 15 is 0 Å². The van der Waals surface area contributed by atoms with E-state index < -0.39 is 0 Å². The zero-order chi connectivity index (χ0) is 20.2. The van der Waals surface area contributed by atoms with Crippen LogP contribution < -0.4 is 20.7 Å². The fourth-order valence-electron chi connectivity index (χ4n) is 2.80. The third-order valence-electron chi connectivity index (χ3n) is 4.27. The number of nitrogens with one attached hydrogen (secondary N) is 3. The summed E-state index contributed by atoms with van der Waals surface area (Å²) in [7, 11) is 3.32. The first-order valence-corrected chi connectivity index (χ1v) is 9.62. The molecule has 0 spiro atoms. The second kappa shape index (κ2) is 13.8. The van der Waals surface area contributed by atoms with Gasteiger partial charge in [0.2, 0.25) is 0 Å². The van der Waals surface area contributed by atoms with Gasteiger partial charge < -0.3 is 20.7 Å². The Bertz CT molecular complexity index is 796. The van der Waals surface area contributed by atoms with Crippen LogP contribution in [0, 0.1) is 0 Å². The Labute approximate surface area is 190 Å². The van der Waals surface area contributed by atoms with E-state index in [1.54, 1.807) is 14.2 Å². The highest BCUT2D eigenvalue weighted by Crippen LogP contribution is 2.12. The molecule has 0 radical (unpaired) electrons. The summed E-state index contributed by atoms with van der Waals surface area (Å²) in [6, 6.07) is 15.7. The molecule has 0 fully saturated rings. The largest absolute Gasteiger partial charge is 0.497 e. The third-order valence-corrected chi connectivity index (χ3v) is 4.27. The minimum Gasteiger partial charge on any atom is -0.497 e. The number of hydrogen-bond acceptors (Lipinski definition) is 3. The fourth-order valence-corrected chi connectivity index (χ4v) is 2.80. The van der Waals surface area contributed by atoms with Crippen LogP contribution >= 0.6 is 24.0 Å². The smallest absolute Gasteiger partial charge is 0.251 e. The molecule has 158 valence electrons. The van der Waals surface area contributed by atoms with Crippen molar-refractivity contribution in [3.63, 3.8) is 0 Å². The molecular formula is C22H31IN4O2. The van der Waals surface area contributed by atoms with Crippen LogP contribution in [0.3, 0.4) is 0 Å². The average molecular weight is 510 g/mol. The number of methoxy groups -OCH3 is 1. The number of aliphatic imine (C=N–C) groups is 1. The quantitative estimate of drug-likeness (QED) is 0.276. The Hall–Kier alpha value is -2.29. The zero-order valence-corrected chi connectivity index (χ0v) is 19.7. The van der Waals surface area contributed by atoms with Crippen molar-refractivity contribution in [3.8, 4) is 5.75 Å². The molecule has 1 amide bonds. The van der Waals surface area contributed by atoms with Crippen molar-refractivity contribution >= 4 is 35.8 Å². The molecule has 0 aromatic heterocycles. The predicted octanol–water partition coefficient (Wildman–Crippen LogP) is 3.01. The molecule has 6 nitrogen and oxygen atoms in total. The molecule has 0 aliphatic heterocycles. The van der Waals surface area contributed by atoms with E-state index in [1.807, 2.05) is 49.4 Å². The number of nitrogens with zero attached hydrogens (tertiary/aromatic N) is 1. The van der Waals surface area contributed by atoms with E-state index in [-0.39, 0.29) is 29.9 Å². The monoisotopic (exact) mass is 510 g/mol. The number of amides is 1. The maximum Gasteiger partial charge on any atom is 0.251 e. The van der Waals surface area contributed by atoms with E-state index in [0.29, 0.717) is 12.1 Å². The van der Waals surface area contributed by atoms with Crippen LogP contribution in [0.5, 0.6) is 5.75 Å². The van der Waals surface area contributed by atoms with Crippen LogP contribution in [-0.4, -0.2) is 45.7 Å². The highest BCUT2D eigenvalue weighted by molar-refractivity contribution is 14.0. The van der Waals surface area contributed by atoms with Crippen molar-refractivity contribution in [2.24, 2.45) is 4.99 Å². The van der Waals surface area contributed by atoms with Gasteiger partial charge in [0.25, 0.3) is 5.91 Å². The number of guanidine groups is 1. The maximum atomic E-state index is 11.7. The predicted molar refractivity (Wildman–Crippen MR) is 130 cm³/mol. The summed E-state index contributed by atoms with van der Waals surface area (Å²) in [4.78, 5) is 16.4. The van der Waals surface area contributed by atoms with E-state index in [0.717, 1.165) is 43.2 Å². The first-order chi connectivity index (χ1) is 13.7. The van der Waals surface area contributed by atoms with Crippen molar-refractivity contribution in [3.05, 3.63) is 65.2 Å². The standard InChI is InChI=1S/C22H30N4O2.HI/c1-4-24-22(26-14-12-18-8-6-10-20(16-18)28-3)25-13-11-17-7-5-9-19(15-17)21(27)23-2;/h5-10,15-16H,4,11-14H2,1-3H3,(H,23,27)(H2,24,25,26);1H. The first kappa shape index (κ1) is 24.7. The summed E-state index contributed by atoms with van der Waals surface area (Å²) in [5.74, 6) is 1.60. The second-order valence-electron chi connectivity index (χ2n) is 6.32. The van der Waals surface area contributed by atoms with Gasteiger partial charge in [-0.3, -0.25) is 9.79 Å². The van der Waals surface area contributed by atoms with Crippen molar-refractivity contribution in [2.45, 2.75) is 19.8 Å². The average Bonchev–Trinajstić information content (AvgIpc) is 2.73. The Kier molecular flexibility index (Phi) is 11.8. The third kappa shape index (κ3) is 8.72. The molecule has 0 bridgehead atoms. The molecular weight excluding hydrogens is 479 g/mol. The highest BCUT2D eigenvalue weighted by atomic mass is 127. The molecule has 0 heterocycles. The Balaban J connectivity index is 0.00000420. The van der Waals surface area contributed by atoms with Crippen molar-refractivity contribution in [1.29, 1.82) is 0 Å². The number of carbonyl (C=O) groups is 1. The summed E-state index contributed by atoms with van der Waals surface area (Å²) < 4.78 is 5.26. The highest BCUT2D eigenvalue weighted by Gasteiger charge is 2.04. The van der Waals surface area contributed by atoms with Crippen LogP contribution in [0.15, 0.2) is 53.5 Å². The van der Waals surface area contributed by atoms with Crippen molar-refractivity contribution in [1.82, 2.24) is 16.0 Å². The number of rotatable bonds is 9. The van der Waals surface area contributed by atoms with Gasteiger partial charge in [0, 0.05) is 32.2 Å². The molecule has 0 aliphatic rings. The molecule has 7 heteroatoms. The van der Waals surface area contributed by atoms with Gasteiger partial charge in [-0.2, -0.15) is 0 Å². The van der Waals surface area contributed by atoms with Gasteiger partial charge in [0.15, 0.2) is 5.96 Å². The second-order valence-corrected chi connectivity index (χ2v) is 6.32. The number of ether oxygens (including phenoxy) is 1. The lowest BCUT2D eigenvalue weighted by atomic mass is 10.1. The summed E-state index contributed by atoms with van der Waals surface area (Å²) >= 11 is 0. The topological polar surface area (TPSA) is 74.8 Å². The van der Waals surface area contributed by atoms with Gasteiger partial charge in [-0.15, -0.1) is 24.0 Å². The lowest BCUT2D eigenvalue weighted by Gasteiger charge is -2.12. The molecule has 0 saturated heterocycles. The molecule has 29 heavy (non-hydrogen) atoms. The van der Waals surface area contributed by atoms with Crippen molar-refractivity contribution in [2.75, 3.05) is 33.8 Å². The minimum atomic E-state index is -0.0674. The van der Waals surface area contributed by atoms with Gasteiger partial charge in [0.1, 0.15) is 5.75 Å². The summed E-state index contributed by atoms with van der Waals surface area (Å²) in [6.07, 6.45) is 1.66. The van der Waals surface area contributed by atoms with Crippen LogP contribution in [0.25, 0.3) is 0 Å². The molecule has 0 saturated carbocycles. The van der Waals surface area contributed by atoms with E-state index in [2.05, 4.69) is 27.0 Å². The molecule has 3 N–H and O–H groups in total. The zero-order valence-electron chi connectivity index (χ0n) is 17.3. The minimum absolute atomic E-state index is 0. The number of carbonyl (C=O) groups excluding carboxylic acids is 1. The van der Waals surface area contributed by atoms with Crippen molar-refractivity contribution < 1.29 is 9.53 Å². The molecule has 0 unspecified atom stereocenters. The van der Waals surface area contributed by atoms with Crippen LogP contribution in [0.2, 0.25) is 0 Å². The Morgan fingerprint density at radius 3 is 2.45 bits per heavy atom. The SMILES string of the molecule is CCNC(=NCCc1cccc(OC)c1)NCCc1cccc(C(=O)NC)c1.I. The van der Waals surface area contributed by atoms with Crippen LogP contribution in [0.1, 0.15) is 28.4 Å². The first-order valence-electron chi connectivity index (χ1n) is 9.62. The Morgan fingerprint density at radius 2 is 1.76 bits per heavy atom. The molecule has 0 atom stereocenters. The van der Waals surface area contributed by atoms with E-state index in [4.69, 9.17) is 4.74 Å². The molecule has 2 aromatic carbocycles. The molecule has 2 aromatic rings. The Morgan fingerprint density at radius 1 is 1.03 bits per heavy atom. The molecule has 0 aliphatic carbocycles. The summed E-state index contributed by atoms with van der Waals surface area (Å²) in [5.41, 5.74) is 2.99. The van der Waals surface area contributed by atoms with E-state index in [9.17, 15) is 4.79 Å². The number of benzene rings is 2. The molecule has 2 rings (SSSR count). The number of halogens is 1. The van der Waals surface area contributed by atoms with E-state index in [1.165, 1.54) is 5.56 Å². The van der Waals surface area contributed by atoms with Crippen LogP contribution in [0.4, 0.5) is 0 Å².